The predicted molar refractivity (Wildman–Crippen MR) is 117 cm³/mol. The number of allylic oxidation sites excluding steroid dienone is 1. The summed E-state index contributed by atoms with van der Waals surface area (Å²) in [7, 11) is 0. The Morgan fingerprint density at radius 3 is 2.41 bits per heavy atom. The Morgan fingerprint density at radius 1 is 1.00 bits per heavy atom. The molecule has 1 amide bonds. The number of hydrogen-bond acceptors (Lipinski definition) is 1. The fraction of sp³-hybridized carbons (Fsp3) is 0.192. The van der Waals surface area contributed by atoms with Crippen LogP contribution in [0.15, 0.2) is 84.9 Å². The number of aryl methyl sites for hydroxylation is 1. The van der Waals surface area contributed by atoms with E-state index in [-0.39, 0.29) is 23.6 Å². The maximum Gasteiger partial charge on any atom is 0.228 e. The van der Waals surface area contributed by atoms with Crippen LogP contribution in [0.1, 0.15) is 35.1 Å². The number of carbonyl (C=O) groups excluding carboxylic acids is 1. The molecule has 2 atom stereocenters. The highest BCUT2D eigenvalue weighted by Crippen LogP contribution is 2.27. The third-order valence-electron chi connectivity index (χ3n) is 5.00. The van der Waals surface area contributed by atoms with Crippen molar-refractivity contribution in [1.82, 2.24) is 5.32 Å². The first-order valence-corrected chi connectivity index (χ1v) is 9.85. The molecule has 0 aliphatic carbocycles. The SMILES string of the molecule is Cc1ccc(C(C(=O)NCc2ccccc2)C(C)/C=C/c2cccc(F)c2)cc1. The van der Waals surface area contributed by atoms with Crippen molar-refractivity contribution in [3.8, 4) is 0 Å². The van der Waals surface area contributed by atoms with E-state index in [9.17, 15) is 9.18 Å². The summed E-state index contributed by atoms with van der Waals surface area (Å²) in [6.45, 7) is 4.53. The Balaban J connectivity index is 1.80. The Morgan fingerprint density at radius 2 is 1.72 bits per heavy atom. The van der Waals surface area contributed by atoms with Crippen molar-refractivity contribution >= 4 is 12.0 Å². The van der Waals surface area contributed by atoms with Crippen LogP contribution in [0.25, 0.3) is 6.08 Å². The average Bonchev–Trinajstić information content (AvgIpc) is 2.73. The predicted octanol–water partition coefficient (Wildman–Crippen LogP) is 5.88. The molecular formula is C26H26FNO. The maximum absolute atomic E-state index is 13.4. The smallest absolute Gasteiger partial charge is 0.228 e. The van der Waals surface area contributed by atoms with Gasteiger partial charge < -0.3 is 5.32 Å². The molecule has 1 N–H and O–H groups in total. The van der Waals surface area contributed by atoms with Crippen LogP contribution in [-0.4, -0.2) is 5.91 Å². The summed E-state index contributed by atoms with van der Waals surface area (Å²) >= 11 is 0. The summed E-state index contributed by atoms with van der Waals surface area (Å²) in [6.07, 6.45) is 3.85. The van der Waals surface area contributed by atoms with Gasteiger partial charge in [0.1, 0.15) is 5.82 Å². The molecule has 2 nitrogen and oxygen atoms in total. The fourth-order valence-electron chi connectivity index (χ4n) is 3.35. The molecular weight excluding hydrogens is 361 g/mol. The van der Waals surface area contributed by atoms with E-state index in [0.717, 1.165) is 22.3 Å². The van der Waals surface area contributed by atoms with Gasteiger partial charge in [-0.25, -0.2) is 4.39 Å². The van der Waals surface area contributed by atoms with Crippen molar-refractivity contribution in [2.24, 2.45) is 5.92 Å². The highest BCUT2D eigenvalue weighted by molar-refractivity contribution is 5.84. The summed E-state index contributed by atoms with van der Waals surface area (Å²) in [6, 6.07) is 24.4. The van der Waals surface area contributed by atoms with E-state index < -0.39 is 0 Å². The van der Waals surface area contributed by atoms with Crippen LogP contribution in [-0.2, 0) is 11.3 Å². The molecule has 3 aromatic rings. The second kappa shape index (κ2) is 9.83. The zero-order valence-electron chi connectivity index (χ0n) is 16.8. The number of hydrogen-bond donors (Lipinski definition) is 1. The number of benzene rings is 3. The van der Waals surface area contributed by atoms with Crippen LogP contribution in [0.2, 0.25) is 0 Å². The molecule has 0 aliphatic rings. The summed E-state index contributed by atoms with van der Waals surface area (Å²) in [4.78, 5) is 13.1. The molecule has 29 heavy (non-hydrogen) atoms. The van der Waals surface area contributed by atoms with E-state index in [4.69, 9.17) is 0 Å². The van der Waals surface area contributed by atoms with E-state index in [2.05, 4.69) is 5.32 Å². The van der Waals surface area contributed by atoms with E-state index in [1.165, 1.54) is 12.1 Å². The van der Waals surface area contributed by atoms with Crippen molar-refractivity contribution in [1.29, 1.82) is 0 Å². The largest absolute Gasteiger partial charge is 0.351 e. The maximum atomic E-state index is 13.4. The minimum atomic E-state index is -0.330. The van der Waals surface area contributed by atoms with Crippen LogP contribution in [0, 0.1) is 18.7 Å². The van der Waals surface area contributed by atoms with Crippen LogP contribution in [0.3, 0.4) is 0 Å². The number of rotatable bonds is 7. The van der Waals surface area contributed by atoms with E-state index in [1.54, 1.807) is 6.07 Å². The van der Waals surface area contributed by atoms with Crippen molar-refractivity contribution in [2.45, 2.75) is 26.3 Å². The molecule has 0 bridgehead atoms. The first-order chi connectivity index (χ1) is 14.0. The molecule has 0 radical (unpaired) electrons. The topological polar surface area (TPSA) is 29.1 Å². The van der Waals surface area contributed by atoms with E-state index in [0.29, 0.717) is 6.54 Å². The van der Waals surface area contributed by atoms with Crippen LogP contribution in [0.4, 0.5) is 4.39 Å². The van der Waals surface area contributed by atoms with Crippen LogP contribution >= 0.6 is 0 Å². The summed E-state index contributed by atoms with van der Waals surface area (Å²) < 4.78 is 13.4. The van der Waals surface area contributed by atoms with Gasteiger partial charge in [0.15, 0.2) is 0 Å². The van der Waals surface area contributed by atoms with Crippen molar-refractivity contribution in [2.75, 3.05) is 0 Å². The minimum Gasteiger partial charge on any atom is -0.351 e. The van der Waals surface area contributed by atoms with E-state index in [1.807, 2.05) is 86.7 Å². The minimum absolute atomic E-state index is 0.0194. The van der Waals surface area contributed by atoms with Gasteiger partial charge in [0, 0.05) is 6.54 Å². The monoisotopic (exact) mass is 387 g/mol. The molecule has 2 unspecified atom stereocenters. The molecule has 148 valence electrons. The molecule has 3 rings (SSSR count). The van der Waals surface area contributed by atoms with Gasteiger partial charge in [0.25, 0.3) is 0 Å². The molecule has 3 heteroatoms. The molecule has 0 saturated heterocycles. The lowest BCUT2D eigenvalue weighted by Gasteiger charge is -2.22. The average molecular weight is 387 g/mol. The summed E-state index contributed by atoms with van der Waals surface area (Å²) in [5, 5.41) is 3.07. The second-order valence-corrected chi connectivity index (χ2v) is 7.36. The third kappa shape index (κ3) is 5.89. The number of halogens is 1. The van der Waals surface area contributed by atoms with E-state index >= 15 is 0 Å². The van der Waals surface area contributed by atoms with Gasteiger partial charge in [0.05, 0.1) is 5.92 Å². The lowest BCUT2D eigenvalue weighted by Crippen LogP contribution is -2.32. The zero-order valence-corrected chi connectivity index (χ0v) is 16.8. The lowest BCUT2D eigenvalue weighted by molar-refractivity contribution is -0.123. The summed E-state index contributed by atoms with van der Waals surface area (Å²) in [5.41, 5.74) is 3.97. The van der Waals surface area contributed by atoms with Gasteiger partial charge >= 0.3 is 0 Å². The highest BCUT2D eigenvalue weighted by atomic mass is 19.1. The number of nitrogens with one attached hydrogen (secondary N) is 1. The second-order valence-electron chi connectivity index (χ2n) is 7.36. The van der Waals surface area contributed by atoms with Gasteiger partial charge in [-0.15, -0.1) is 0 Å². The zero-order chi connectivity index (χ0) is 20.6. The molecule has 3 aromatic carbocycles. The Bertz CT molecular complexity index is 964. The Hall–Kier alpha value is -3.20. The van der Waals surface area contributed by atoms with Gasteiger partial charge in [-0.1, -0.05) is 91.4 Å². The van der Waals surface area contributed by atoms with Gasteiger partial charge in [-0.2, -0.15) is 0 Å². The van der Waals surface area contributed by atoms with Crippen molar-refractivity contribution < 1.29 is 9.18 Å². The normalized spacial score (nSPS) is 13.2. The molecule has 0 aliphatic heterocycles. The first-order valence-electron chi connectivity index (χ1n) is 9.85. The van der Waals surface area contributed by atoms with Crippen molar-refractivity contribution in [3.63, 3.8) is 0 Å². The van der Waals surface area contributed by atoms with Gasteiger partial charge in [-0.3, -0.25) is 4.79 Å². The van der Waals surface area contributed by atoms with Gasteiger partial charge in [-0.05, 0) is 41.7 Å². The molecule has 0 aromatic heterocycles. The molecule has 0 spiro atoms. The Kier molecular flexibility index (Phi) is 6.96. The molecule has 0 saturated carbocycles. The lowest BCUT2D eigenvalue weighted by atomic mass is 9.85. The first kappa shape index (κ1) is 20.5. The van der Waals surface area contributed by atoms with Crippen LogP contribution in [0.5, 0.6) is 0 Å². The van der Waals surface area contributed by atoms with Crippen LogP contribution < -0.4 is 5.32 Å². The highest BCUT2D eigenvalue weighted by Gasteiger charge is 2.25. The molecule has 0 heterocycles. The molecule has 0 fully saturated rings. The number of amides is 1. The van der Waals surface area contributed by atoms with Gasteiger partial charge in [0.2, 0.25) is 5.91 Å². The third-order valence-corrected chi connectivity index (χ3v) is 5.00. The quantitative estimate of drug-likeness (QED) is 0.539. The van der Waals surface area contributed by atoms with Crippen molar-refractivity contribution in [3.05, 3.63) is 113 Å². The Labute approximate surface area is 172 Å². The fourth-order valence-corrected chi connectivity index (χ4v) is 3.35. The summed E-state index contributed by atoms with van der Waals surface area (Å²) in [5.74, 6) is -0.676. The number of carbonyl (C=O) groups is 1. The standard InChI is InChI=1S/C26H26FNO/c1-19-11-15-23(16-12-19)25(26(29)28-18-22-7-4-3-5-8-22)20(2)13-14-21-9-6-10-24(27)17-21/h3-17,20,25H,18H2,1-2H3,(H,28,29)/b14-13+.